The highest BCUT2D eigenvalue weighted by molar-refractivity contribution is 5.33. The van der Waals surface area contributed by atoms with Gasteiger partial charge < -0.3 is 10.4 Å². The van der Waals surface area contributed by atoms with Crippen molar-refractivity contribution in [2.24, 2.45) is 5.41 Å². The first-order valence-corrected chi connectivity index (χ1v) is 6.69. The molecule has 1 aliphatic carbocycles. The third kappa shape index (κ3) is 3.52. The molecule has 2 rings (SSSR count). The van der Waals surface area contributed by atoms with Crippen molar-refractivity contribution in [1.82, 2.24) is 5.32 Å². The van der Waals surface area contributed by atoms with Crippen LogP contribution < -0.4 is 5.32 Å². The largest absolute Gasteiger partial charge is 0.396 e. The van der Waals surface area contributed by atoms with Crippen LogP contribution in [0.4, 0.5) is 4.39 Å². The Hall–Kier alpha value is -1.44. The molecule has 2 N–H and O–H groups in total. The minimum Gasteiger partial charge on any atom is -0.396 e. The molecule has 19 heavy (non-hydrogen) atoms. The molecule has 0 radical (unpaired) electrons. The van der Waals surface area contributed by atoms with Gasteiger partial charge in [-0.2, -0.15) is 5.26 Å². The molecule has 0 unspecified atom stereocenters. The van der Waals surface area contributed by atoms with Crippen molar-refractivity contribution < 1.29 is 9.50 Å². The third-order valence-electron chi connectivity index (χ3n) is 3.92. The first kappa shape index (κ1) is 14.0. The van der Waals surface area contributed by atoms with E-state index < -0.39 is 0 Å². The summed E-state index contributed by atoms with van der Waals surface area (Å²) in [6.07, 6.45) is 4.42. The Morgan fingerprint density at radius 3 is 2.68 bits per heavy atom. The normalized spacial score (nSPS) is 17.3. The summed E-state index contributed by atoms with van der Waals surface area (Å²) in [4.78, 5) is 0. The van der Waals surface area contributed by atoms with Crippen molar-refractivity contribution in [2.75, 3.05) is 13.2 Å². The predicted octanol–water partition coefficient (Wildman–Crippen LogP) is 2.34. The molecule has 1 aromatic rings. The number of nitrogens with one attached hydrogen (secondary N) is 1. The lowest BCUT2D eigenvalue weighted by atomic mass is 9.87. The average molecular weight is 262 g/mol. The number of halogens is 1. The topological polar surface area (TPSA) is 56.0 Å². The monoisotopic (exact) mass is 262 g/mol. The van der Waals surface area contributed by atoms with Crippen LogP contribution in [0.1, 0.15) is 36.8 Å². The van der Waals surface area contributed by atoms with E-state index in [1.807, 2.05) is 6.07 Å². The number of aliphatic hydroxyl groups excluding tert-OH is 1. The lowest BCUT2D eigenvalue weighted by molar-refractivity contribution is 0.128. The summed E-state index contributed by atoms with van der Waals surface area (Å²) >= 11 is 0. The molecule has 0 saturated heterocycles. The van der Waals surface area contributed by atoms with Gasteiger partial charge in [0.25, 0.3) is 0 Å². The maximum Gasteiger partial charge on any atom is 0.124 e. The van der Waals surface area contributed by atoms with Crippen LogP contribution >= 0.6 is 0 Å². The van der Waals surface area contributed by atoms with Crippen LogP contribution in [0.2, 0.25) is 0 Å². The van der Waals surface area contributed by atoms with Crippen LogP contribution in [0.3, 0.4) is 0 Å². The quantitative estimate of drug-likeness (QED) is 0.856. The molecule has 1 saturated carbocycles. The van der Waals surface area contributed by atoms with Gasteiger partial charge in [0, 0.05) is 25.1 Å². The predicted molar refractivity (Wildman–Crippen MR) is 70.8 cm³/mol. The molecule has 1 fully saturated rings. The zero-order chi connectivity index (χ0) is 13.7. The molecule has 0 heterocycles. The molecular weight excluding hydrogens is 243 g/mol. The SMILES string of the molecule is N#Cc1cc(F)cc(CNCC2(CO)CCCC2)c1. The number of aliphatic hydroxyl groups is 1. The van der Waals surface area contributed by atoms with Gasteiger partial charge in [-0.25, -0.2) is 4.39 Å². The molecule has 0 spiro atoms. The Morgan fingerprint density at radius 2 is 2.05 bits per heavy atom. The summed E-state index contributed by atoms with van der Waals surface area (Å²) in [5.41, 5.74) is 1.10. The Labute approximate surface area is 113 Å². The van der Waals surface area contributed by atoms with E-state index in [9.17, 15) is 9.50 Å². The smallest absolute Gasteiger partial charge is 0.124 e. The molecule has 0 aliphatic heterocycles. The van der Waals surface area contributed by atoms with Crippen molar-refractivity contribution in [2.45, 2.75) is 32.2 Å². The molecule has 0 amide bonds. The zero-order valence-corrected chi connectivity index (χ0v) is 11.0. The Bertz CT molecular complexity index is 476. The van der Waals surface area contributed by atoms with E-state index in [0.717, 1.165) is 24.9 Å². The number of nitriles is 1. The van der Waals surface area contributed by atoms with Crippen molar-refractivity contribution in [3.05, 3.63) is 35.1 Å². The van der Waals surface area contributed by atoms with Gasteiger partial charge >= 0.3 is 0 Å². The first-order chi connectivity index (χ1) is 9.17. The number of hydrogen-bond acceptors (Lipinski definition) is 3. The van der Waals surface area contributed by atoms with E-state index in [0.29, 0.717) is 12.1 Å². The molecular formula is C15H19FN2O. The van der Waals surface area contributed by atoms with Crippen LogP contribution in [0.5, 0.6) is 0 Å². The maximum atomic E-state index is 13.3. The van der Waals surface area contributed by atoms with Gasteiger partial charge in [-0.15, -0.1) is 0 Å². The summed E-state index contributed by atoms with van der Waals surface area (Å²) in [6, 6.07) is 6.31. The zero-order valence-electron chi connectivity index (χ0n) is 11.0. The highest BCUT2D eigenvalue weighted by Gasteiger charge is 2.32. The van der Waals surface area contributed by atoms with Crippen molar-refractivity contribution in [1.29, 1.82) is 5.26 Å². The molecule has 3 nitrogen and oxygen atoms in total. The van der Waals surface area contributed by atoms with Crippen LogP contribution in [-0.2, 0) is 6.54 Å². The Kier molecular flexibility index (Phi) is 4.52. The van der Waals surface area contributed by atoms with E-state index >= 15 is 0 Å². The minimum atomic E-state index is -0.381. The van der Waals surface area contributed by atoms with E-state index in [2.05, 4.69) is 5.32 Å². The van der Waals surface area contributed by atoms with Gasteiger partial charge in [-0.1, -0.05) is 12.8 Å². The molecule has 0 bridgehead atoms. The molecule has 0 atom stereocenters. The number of nitrogens with zero attached hydrogens (tertiary/aromatic N) is 1. The van der Waals surface area contributed by atoms with Gasteiger partial charge in [-0.3, -0.25) is 0 Å². The Balaban J connectivity index is 1.92. The fourth-order valence-electron chi connectivity index (χ4n) is 2.80. The molecule has 4 heteroatoms. The van der Waals surface area contributed by atoms with E-state index in [1.165, 1.54) is 25.0 Å². The third-order valence-corrected chi connectivity index (χ3v) is 3.92. The summed E-state index contributed by atoms with van der Waals surface area (Å²) < 4.78 is 13.3. The maximum absolute atomic E-state index is 13.3. The van der Waals surface area contributed by atoms with Gasteiger partial charge in [0.15, 0.2) is 0 Å². The summed E-state index contributed by atoms with van der Waals surface area (Å²) in [5.74, 6) is -0.381. The van der Waals surface area contributed by atoms with Crippen LogP contribution in [-0.4, -0.2) is 18.3 Å². The lowest BCUT2D eigenvalue weighted by Crippen LogP contribution is -2.34. The van der Waals surface area contributed by atoms with Gasteiger partial charge in [0.2, 0.25) is 0 Å². The molecule has 0 aromatic heterocycles. The molecule has 1 aliphatic rings. The molecule has 102 valence electrons. The fraction of sp³-hybridized carbons (Fsp3) is 0.533. The highest BCUT2D eigenvalue weighted by atomic mass is 19.1. The van der Waals surface area contributed by atoms with Crippen molar-refractivity contribution >= 4 is 0 Å². The number of rotatable bonds is 5. The van der Waals surface area contributed by atoms with Gasteiger partial charge in [0.1, 0.15) is 5.82 Å². The van der Waals surface area contributed by atoms with Crippen LogP contribution in [0.15, 0.2) is 18.2 Å². The lowest BCUT2D eigenvalue weighted by Gasteiger charge is -2.26. The summed E-state index contributed by atoms with van der Waals surface area (Å²) in [7, 11) is 0. The standard InChI is InChI=1S/C15H19FN2O/c16-14-6-12(8-17)5-13(7-14)9-18-10-15(11-19)3-1-2-4-15/h5-7,18-19H,1-4,9-11H2. The summed E-state index contributed by atoms with van der Waals surface area (Å²) in [6.45, 7) is 1.46. The minimum absolute atomic E-state index is 0.00855. The number of benzene rings is 1. The van der Waals surface area contributed by atoms with Crippen molar-refractivity contribution in [3.8, 4) is 6.07 Å². The number of hydrogen-bond donors (Lipinski definition) is 2. The highest BCUT2D eigenvalue weighted by Crippen LogP contribution is 2.36. The van der Waals surface area contributed by atoms with E-state index in [4.69, 9.17) is 5.26 Å². The second-order valence-electron chi connectivity index (χ2n) is 5.43. The van der Waals surface area contributed by atoms with Crippen molar-refractivity contribution in [3.63, 3.8) is 0 Å². The van der Waals surface area contributed by atoms with Gasteiger partial charge in [-0.05, 0) is 36.6 Å². The van der Waals surface area contributed by atoms with E-state index in [1.54, 1.807) is 6.07 Å². The van der Waals surface area contributed by atoms with E-state index in [-0.39, 0.29) is 17.8 Å². The Morgan fingerprint density at radius 1 is 1.32 bits per heavy atom. The van der Waals surface area contributed by atoms with Crippen LogP contribution in [0, 0.1) is 22.6 Å². The first-order valence-electron chi connectivity index (χ1n) is 6.69. The van der Waals surface area contributed by atoms with Crippen LogP contribution in [0.25, 0.3) is 0 Å². The fourth-order valence-corrected chi connectivity index (χ4v) is 2.80. The average Bonchev–Trinajstić information content (AvgIpc) is 2.87. The second-order valence-corrected chi connectivity index (χ2v) is 5.43. The summed E-state index contributed by atoms with van der Waals surface area (Å²) in [5, 5.41) is 21.6. The van der Waals surface area contributed by atoms with Gasteiger partial charge in [0.05, 0.1) is 11.6 Å². The molecule has 1 aromatic carbocycles. The second kappa shape index (κ2) is 6.14.